The van der Waals surface area contributed by atoms with Gasteiger partial charge in [0.2, 0.25) is 0 Å². The second kappa shape index (κ2) is 6.39. The Hall–Kier alpha value is -0.0800. The molecule has 2 heteroatoms. The number of rotatable bonds is 4. The molecule has 2 atom stereocenters. The van der Waals surface area contributed by atoms with Gasteiger partial charge in [-0.2, -0.15) is 0 Å². The van der Waals surface area contributed by atoms with E-state index >= 15 is 0 Å². The molecule has 0 aromatic carbocycles. The Balaban J connectivity index is 2.11. The highest BCUT2D eigenvalue weighted by Gasteiger charge is 2.12. The molecule has 2 N–H and O–H groups in total. The van der Waals surface area contributed by atoms with Crippen LogP contribution in [0, 0.1) is 5.92 Å². The molecule has 0 aromatic heterocycles. The van der Waals surface area contributed by atoms with E-state index in [4.69, 9.17) is 0 Å². The maximum absolute atomic E-state index is 3.46. The minimum absolute atomic E-state index is 0.691. The third-order valence-electron chi connectivity index (χ3n) is 3.20. The van der Waals surface area contributed by atoms with Crippen LogP contribution in [-0.2, 0) is 0 Å². The molecule has 1 saturated heterocycles. The second-order valence-electron chi connectivity index (χ2n) is 4.31. The van der Waals surface area contributed by atoms with Gasteiger partial charge in [0.25, 0.3) is 0 Å². The van der Waals surface area contributed by atoms with Gasteiger partial charge in [-0.3, -0.25) is 0 Å². The Morgan fingerprint density at radius 1 is 1.38 bits per heavy atom. The minimum Gasteiger partial charge on any atom is -0.317 e. The molecule has 0 spiro atoms. The van der Waals surface area contributed by atoms with Crippen molar-refractivity contribution in [1.29, 1.82) is 0 Å². The molecule has 0 amide bonds. The van der Waals surface area contributed by atoms with Gasteiger partial charge in [-0.25, -0.2) is 0 Å². The lowest BCUT2D eigenvalue weighted by Gasteiger charge is -2.16. The van der Waals surface area contributed by atoms with Crippen LogP contribution in [0.2, 0.25) is 0 Å². The molecule has 1 aliphatic heterocycles. The van der Waals surface area contributed by atoms with Crippen molar-refractivity contribution in [3.63, 3.8) is 0 Å². The van der Waals surface area contributed by atoms with Gasteiger partial charge in [0.15, 0.2) is 0 Å². The fourth-order valence-electron chi connectivity index (χ4n) is 2.01. The van der Waals surface area contributed by atoms with E-state index in [2.05, 4.69) is 24.6 Å². The van der Waals surface area contributed by atoms with Crippen molar-refractivity contribution in [2.75, 3.05) is 20.1 Å². The maximum Gasteiger partial charge on any atom is 0.00358 e. The molecule has 0 aliphatic carbocycles. The van der Waals surface area contributed by atoms with Crippen molar-refractivity contribution in [2.45, 2.75) is 45.1 Å². The molecular weight excluding hydrogens is 160 g/mol. The summed E-state index contributed by atoms with van der Waals surface area (Å²) in [6.07, 6.45) is 6.93. The number of hydrogen-bond donors (Lipinski definition) is 2. The molecule has 0 radical (unpaired) electrons. The third-order valence-corrected chi connectivity index (χ3v) is 3.20. The fourth-order valence-corrected chi connectivity index (χ4v) is 2.01. The van der Waals surface area contributed by atoms with Crippen LogP contribution < -0.4 is 10.6 Å². The third kappa shape index (κ3) is 4.63. The standard InChI is InChI=1S/C11H24N2/c1-10(12-2)5-6-11-4-3-8-13-9-7-11/h10-13H,3-9H2,1-2H3. The van der Waals surface area contributed by atoms with Crippen molar-refractivity contribution in [3.05, 3.63) is 0 Å². The first-order chi connectivity index (χ1) is 6.33. The van der Waals surface area contributed by atoms with Crippen molar-refractivity contribution < 1.29 is 0 Å². The van der Waals surface area contributed by atoms with Crippen molar-refractivity contribution >= 4 is 0 Å². The summed E-state index contributed by atoms with van der Waals surface area (Å²) in [6, 6.07) is 0.691. The van der Waals surface area contributed by atoms with E-state index in [9.17, 15) is 0 Å². The molecule has 0 bridgehead atoms. The zero-order chi connectivity index (χ0) is 9.52. The van der Waals surface area contributed by atoms with Gasteiger partial charge in [0.05, 0.1) is 0 Å². The van der Waals surface area contributed by atoms with E-state index in [1.165, 1.54) is 45.2 Å². The molecule has 1 rings (SSSR count). The van der Waals surface area contributed by atoms with E-state index in [1.54, 1.807) is 0 Å². The number of hydrogen-bond acceptors (Lipinski definition) is 2. The average molecular weight is 184 g/mol. The van der Waals surface area contributed by atoms with Crippen LogP contribution in [0.25, 0.3) is 0 Å². The summed E-state index contributed by atoms with van der Waals surface area (Å²) in [4.78, 5) is 0. The lowest BCUT2D eigenvalue weighted by molar-refractivity contribution is 0.395. The highest BCUT2D eigenvalue weighted by atomic mass is 14.9. The summed E-state index contributed by atoms with van der Waals surface area (Å²) < 4.78 is 0. The zero-order valence-corrected chi connectivity index (χ0v) is 9.10. The molecule has 1 fully saturated rings. The Morgan fingerprint density at radius 3 is 3.00 bits per heavy atom. The van der Waals surface area contributed by atoms with Gasteiger partial charge in [-0.05, 0) is 65.1 Å². The quantitative estimate of drug-likeness (QED) is 0.696. The largest absolute Gasteiger partial charge is 0.317 e. The topological polar surface area (TPSA) is 24.1 Å². The summed E-state index contributed by atoms with van der Waals surface area (Å²) in [7, 11) is 2.05. The fraction of sp³-hybridized carbons (Fsp3) is 1.00. The molecule has 2 nitrogen and oxygen atoms in total. The maximum atomic E-state index is 3.46. The van der Waals surface area contributed by atoms with Crippen LogP contribution in [0.15, 0.2) is 0 Å². The van der Waals surface area contributed by atoms with E-state index in [1.807, 2.05) is 0 Å². The predicted molar refractivity (Wildman–Crippen MR) is 58.0 cm³/mol. The van der Waals surface area contributed by atoms with Crippen LogP contribution in [0.3, 0.4) is 0 Å². The van der Waals surface area contributed by atoms with Crippen molar-refractivity contribution in [2.24, 2.45) is 5.92 Å². The summed E-state index contributed by atoms with van der Waals surface area (Å²) >= 11 is 0. The van der Waals surface area contributed by atoms with E-state index in [0.29, 0.717) is 6.04 Å². The molecular formula is C11H24N2. The van der Waals surface area contributed by atoms with Crippen LogP contribution in [0.1, 0.15) is 39.0 Å². The van der Waals surface area contributed by atoms with Crippen molar-refractivity contribution in [3.8, 4) is 0 Å². The molecule has 2 unspecified atom stereocenters. The Kier molecular flexibility index (Phi) is 5.40. The van der Waals surface area contributed by atoms with Crippen LogP contribution in [0.4, 0.5) is 0 Å². The smallest absolute Gasteiger partial charge is 0.00358 e. The van der Waals surface area contributed by atoms with Crippen LogP contribution >= 0.6 is 0 Å². The molecule has 0 aromatic rings. The zero-order valence-electron chi connectivity index (χ0n) is 9.10. The molecule has 13 heavy (non-hydrogen) atoms. The second-order valence-corrected chi connectivity index (χ2v) is 4.31. The van der Waals surface area contributed by atoms with E-state index in [-0.39, 0.29) is 0 Å². The highest BCUT2D eigenvalue weighted by Crippen LogP contribution is 2.19. The Morgan fingerprint density at radius 2 is 2.23 bits per heavy atom. The van der Waals surface area contributed by atoms with Gasteiger partial charge in [0.1, 0.15) is 0 Å². The summed E-state index contributed by atoms with van der Waals surface area (Å²) in [5.74, 6) is 0.978. The first kappa shape index (κ1) is 11.0. The summed E-state index contributed by atoms with van der Waals surface area (Å²) in [5, 5.41) is 6.77. The highest BCUT2D eigenvalue weighted by molar-refractivity contribution is 4.69. The molecule has 1 aliphatic rings. The van der Waals surface area contributed by atoms with Crippen LogP contribution in [0.5, 0.6) is 0 Å². The number of nitrogens with one attached hydrogen (secondary N) is 2. The van der Waals surface area contributed by atoms with Crippen LogP contribution in [-0.4, -0.2) is 26.2 Å². The van der Waals surface area contributed by atoms with Gasteiger partial charge < -0.3 is 10.6 Å². The minimum atomic E-state index is 0.691. The SMILES string of the molecule is CNC(C)CCC1CCCNCC1. The van der Waals surface area contributed by atoms with Gasteiger partial charge in [-0.1, -0.05) is 0 Å². The summed E-state index contributed by atoms with van der Waals surface area (Å²) in [6.45, 7) is 4.74. The Labute approximate surface area is 82.5 Å². The molecule has 0 saturated carbocycles. The molecule has 1 heterocycles. The summed E-state index contributed by atoms with van der Waals surface area (Å²) in [5.41, 5.74) is 0. The first-order valence-electron chi connectivity index (χ1n) is 5.71. The van der Waals surface area contributed by atoms with Crippen molar-refractivity contribution in [1.82, 2.24) is 10.6 Å². The Bertz CT molecular complexity index is 117. The first-order valence-corrected chi connectivity index (χ1v) is 5.71. The normalized spacial score (nSPS) is 26.8. The monoisotopic (exact) mass is 184 g/mol. The van der Waals surface area contributed by atoms with Gasteiger partial charge in [-0.15, -0.1) is 0 Å². The van der Waals surface area contributed by atoms with Gasteiger partial charge >= 0.3 is 0 Å². The average Bonchev–Trinajstić information content (AvgIpc) is 2.42. The lowest BCUT2D eigenvalue weighted by atomic mass is 9.93. The van der Waals surface area contributed by atoms with Gasteiger partial charge in [0, 0.05) is 6.04 Å². The van der Waals surface area contributed by atoms with E-state index in [0.717, 1.165) is 5.92 Å². The predicted octanol–water partition coefficient (Wildman–Crippen LogP) is 1.76. The molecule has 78 valence electrons. The van der Waals surface area contributed by atoms with E-state index < -0.39 is 0 Å². The lowest BCUT2D eigenvalue weighted by Crippen LogP contribution is -2.22.